The van der Waals surface area contributed by atoms with Crippen molar-refractivity contribution in [3.63, 3.8) is 0 Å². The first-order valence-corrected chi connectivity index (χ1v) is 8.12. The van der Waals surface area contributed by atoms with Gasteiger partial charge in [0.05, 0.1) is 0 Å². The Morgan fingerprint density at radius 3 is 1.88 bits per heavy atom. The fourth-order valence-corrected chi connectivity index (χ4v) is 3.71. The zero-order valence-corrected chi connectivity index (χ0v) is 13.0. The van der Waals surface area contributed by atoms with Crippen molar-refractivity contribution in [1.29, 1.82) is 0 Å². The molecule has 4 aromatic rings. The van der Waals surface area contributed by atoms with Crippen molar-refractivity contribution < 1.29 is 10.2 Å². The SMILES string of the molecule is OC1(O)CC=Cc2cc3cc4cc5ccccc5cc4cc3cc21. The molecule has 0 spiro atoms. The third-order valence-electron chi connectivity index (χ3n) is 4.96. The highest BCUT2D eigenvalue weighted by Crippen LogP contribution is 2.36. The molecule has 2 nitrogen and oxygen atoms in total. The Balaban J connectivity index is 1.85. The molecule has 0 aliphatic heterocycles. The zero-order valence-electron chi connectivity index (χ0n) is 13.0. The van der Waals surface area contributed by atoms with E-state index < -0.39 is 5.79 Å². The molecule has 0 atom stereocenters. The average molecular weight is 312 g/mol. The van der Waals surface area contributed by atoms with Gasteiger partial charge < -0.3 is 10.2 Å². The van der Waals surface area contributed by atoms with E-state index in [0.29, 0.717) is 5.56 Å². The summed E-state index contributed by atoms with van der Waals surface area (Å²) in [4.78, 5) is 0. The van der Waals surface area contributed by atoms with Gasteiger partial charge >= 0.3 is 0 Å². The van der Waals surface area contributed by atoms with Crippen molar-refractivity contribution in [2.75, 3.05) is 0 Å². The number of rotatable bonds is 0. The third-order valence-corrected chi connectivity index (χ3v) is 4.96. The molecule has 0 amide bonds. The van der Waals surface area contributed by atoms with E-state index in [0.717, 1.165) is 21.7 Å². The van der Waals surface area contributed by atoms with E-state index in [-0.39, 0.29) is 6.42 Å². The molecule has 116 valence electrons. The maximum absolute atomic E-state index is 10.2. The number of fused-ring (bicyclic) bond motifs is 4. The lowest BCUT2D eigenvalue weighted by atomic mass is 9.88. The summed E-state index contributed by atoms with van der Waals surface area (Å²) in [5, 5.41) is 27.4. The first kappa shape index (κ1) is 13.7. The first-order valence-electron chi connectivity index (χ1n) is 8.12. The van der Waals surface area contributed by atoms with E-state index in [9.17, 15) is 10.2 Å². The van der Waals surface area contributed by atoms with Crippen LogP contribution < -0.4 is 0 Å². The average Bonchev–Trinajstić information content (AvgIpc) is 2.56. The minimum atomic E-state index is -1.78. The lowest BCUT2D eigenvalue weighted by Crippen LogP contribution is -2.26. The van der Waals surface area contributed by atoms with Crippen molar-refractivity contribution in [3.05, 3.63) is 77.9 Å². The molecular formula is C22H16O2. The van der Waals surface area contributed by atoms with Crippen molar-refractivity contribution >= 4 is 38.4 Å². The summed E-state index contributed by atoms with van der Waals surface area (Å²) in [6.07, 6.45) is 4.00. The molecule has 0 aromatic heterocycles. The van der Waals surface area contributed by atoms with Gasteiger partial charge in [0.2, 0.25) is 0 Å². The molecule has 0 fully saturated rings. The normalized spacial score (nSPS) is 15.9. The van der Waals surface area contributed by atoms with Crippen LogP contribution in [-0.4, -0.2) is 10.2 Å². The predicted octanol–water partition coefficient (Wildman–Crippen LogP) is 4.70. The van der Waals surface area contributed by atoms with E-state index in [2.05, 4.69) is 42.5 Å². The molecule has 0 bridgehead atoms. The van der Waals surface area contributed by atoms with Crippen LogP contribution >= 0.6 is 0 Å². The molecule has 2 heteroatoms. The lowest BCUT2D eigenvalue weighted by molar-refractivity contribution is -0.166. The van der Waals surface area contributed by atoms with Gasteiger partial charge in [-0.15, -0.1) is 0 Å². The van der Waals surface area contributed by atoms with E-state index in [1.807, 2.05) is 30.4 Å². The van der Waals surface area contributed by atoms with Crippen LogP contribution in [0, 0.1) is 0 Å². The fraction of sp³-hybridized carbons (Fsp3) is 0.0909. The predicted molar refractivity (Wildman–Crippen MR) is 98.7 cm³/mol. The minimum absolute atomic E-state index is 0.226. The summed E-state index contributed by atoms with van der Waals surface area (Å²) in [5.74, 6) is -1.78. The Morgan fingerprint density at radius 1 is 0.667 bits per heavy atom. The van der Waals surface area contributed by atoms with Gasteiger partial charge in [-0.1, -0.05) is 36.4 Å². The van der Waals surface area contributed by atoms with Crippen LogP contribution in [0.1, 0.15) is 17.5 Å². The summed E-state index contributed by atoms with van der Waals surface area (Å²) < 4.78 is 0. The van der Waals surface area contributed by atoms with Crippen LogP contribution in [0.5, 0.6) is 0 Å². The summed E-state index contributed by atoms with van der Waals surface area (Å²) in [6.45, 7) is 0. The lowest BCUT2D eigenvalue weighted by Gasteiger charge is -2.26. The van der Waals surface area contributed by atoms with Gasteiger partial charge in [-0.25, -0.2) is 0 Å². The van der Waals surface area contributed by atoms with E-state index in [1.54, 1.807) is 0 Å². The highest BCUT2D eigenvalue weighted by atomic mass is 16.5. The highest BCUT2D eigenvalue weighted by Gasteiger charge is 2.29. The molecule has 0 heterocycles. The number of hydrogen-bond acceptors (Lipinski definition) is 2. The number of hydrogen-bond donors (Lipinski definition) is 2. The summed E-state index contributed by atoms with van der Waals surface area (Å²) in [7, 11) is 0. The third kappa shape index (κ3) is 1.97. The van der Waals surface area contributed by atoms with E-state index in [1.165, 1.54) is 16.2 Å². The molecule has 24 heavy (non-hydrogen) atoms. The van der Waals surface area contributed by atoms with Crippen molar-refractivity contribution in [2.24, 2.45) is 0 Å². The number of benzene rings is 4. The van der Waals surface area contributed by atoms with Crippen LogP contribution in [0.25, 0.3) is 38.4 Å². The Hall–Kier alpha value is -2.68. The Labute approximate surface area is 139 Å². The van der Waals surface area contributed by atoms with Crippen LogP contribution in [-0.2, 0) is 5.79 Å². The van der Waals surface area contributed by atoms with Gasteiger partial charge in [-0.3, -0.25) is 0 Å². The second-order valence-corrected chi connectivity index (χ2v) is 6.61. The van der Waals surface area contributed by atoms with Gasteiger partial charge in [-0.05, 0) is 74.3 Å². The topological polar surface area (TPSA) is 40.5 Å². The second kappa shape index (κ2) is 4.67. The van der Waals surface area contributed by atoms with Gasteiger partial charge in [0, 0.05) is 12.0 Å². The standard InChI is InChI=1S/C22H16O2/c23-22(24)7-3-6-16-10-19-11-17-8-14-4-1-2-5-15(14)9-18(17)12-20(19)13-21(16)22/h1-6,8-13,23-24H,7H2. The van der Waals surface area contributed by atoms with E-state index >= 15 is 0 Å². The van der Waals surface area contributed by atoms with Crippen molar-refractivity contribution in [2.45, 2.75) is 12.2 Å². The maximum Gasteiger partial charge on any atom is 0.193 e. The number of aliphatic hydroxyl groups is 2. The van der Waals surface area contributed by atoms with Crippen LogP contribution in [0.15, 0.2) is 66.7 Å². The molecule has 0 saturated heterocycles. The quantitative estimate of drug-likeness (QED) is 0.365. The molecular weight excluding hydrogens is 296 g/mol. The zero-order chi connectivity index (χ0) is 16.3. The first-order chi connectivity index (χ1) is 11.6. The van der Waals surface area contributed by atoms with Crippen molar-refractivity contribution in [3.8, 4) is 0 Å². The Kier molecular flexibility index (Phi) is 2.67. The molecule has 5 rings (SSSR count). The van der Waals surface area contributed by atoms with Gasteiger partial charge in [-0.2, -0.15) is 0 Å². The Bertz CT molecular complexity index is 1150. The molecule has 0 unspecified atom stereocenters. The molecule has 0 saturated carbocycles. The summed E-state index contributed by atoms with van der Waals surface area (Å²) in [6, 6.07) is 21.0. The van der Waals surface area contributed by atoms with Gasteiger partial charge in [0.25, 0.3) is 0 Å². The largest absolute Gasteiger partial charge is 0.362 e. The fourth-order valence-electron chi connectivity index (χ4n) is 3.71. The molecule has 0 radical (unpaired) electrons. The molecule has 1 aliphatic carbocycles. The molecule has 4 aromatic carbocycles. The summed E-state index contributed by atoms with van der Waals surface area (Å²) >= 11 is 0. The van der Waals surface area contributed by atoms with E-state index in [4.69, 9.17) is 0 Å². The van der Waals surface area contributed by atoms with Gasteiger partial charge in [0.1, 0.15) is 0 Å². The second-order valence-electron chi connectivity index (χ2n) is 6.61. The molecule has 1 aliphatic rings. The Morgan fingerprint density at radius 2 is 1.21 bits per heavy atom. The smallest absolute Gasteiger partial charge is 0.193 e. The monoisotopic (exact) mass is 312 g/mol. The van der Waals surface area contributed by atoms with Crippen LogP contribution in [0.3, 0.4) is 0 Å². The summed E-state index contributed by atoms with van der Waals surface area (Å²) in [5.41, 5.74) is 1.46. The van der Waals surface area contributed by atoms with Crippen LogP contribution in [0.4, 0.5) is 0 Å². The maximum atomic E-state index is 10.2. The molecule has 2 N–H and O–H groups in total. The van der Waals surface area contributed by atoms with Gasteiger partial charge in [0.15, 0.2) is 5.79 Å². The highest BCUT2D eigenvalue weighted by molar-refractivity contribution is 6.05. The van der Waals surface area contributed by atoms with Crippen LogP contribution in [0.2, 0.25) is 0 Å². The minimum Gasteiger partial charge on any atom is -0.362 e. The van der Waals surface area contributed by atoms with Crippen molar-refractivity contribution in [1.82, 2.24) is 0 Å².